The lowest BCUT2D eigenvalue weighted by Gasteiger charge is -2.30. The van der Waals surface area contributed by atoms with Crippen molar-refractivity contribution in [2.75, 3.05) is 0 Å². The third-order valence-corrected chi connectivity index (χ3v) is 3.64. The van der Waals surface area contributed by atoms with E-state index in [2.05, 4.69) is 6.92 Å². The summed E-state index contributed by atoms with van der Waals surface area (Å²) in [5.74, 6) is 1.02. The number of rotatable bonds is 3. The molecule has 0 amide bonds. The normalized spacial score (nSPS) is 22.4. The molecule has 0 aliphatic heterocycles. The van der Waals surface area contributed by atoms with Gasteiger partial charge in [-0.25, -0.2) is 0 Å². The molecule has 0 aromatic carbocycles. The predicted octanol–water partition coefficient (Wildman–Crippen LogP) is 2.73. The third kappa shape index (κ3) is 1.85. The average Bonchev–Trinajstić information content (AvgIpc) is 2.76. The highest BCUT2D eigenvalue weighted by atomic mass is 16.3. The van der Waals surface area contributed by atoms with Gasteiger partial charge in [0.2, 0.25) is 0 Å². The van der Waals surface area contributed by atoms with Gasteiger partial charge in [-0.15, -0.1) is 0 Å². The van der Waals surface area contributed by atoms with Gasteiger partial charge in [0.1, 0.15) is 5.76 Å². The summed E-state index contributed by atoms with van der Waals surface area (Å²) < 4.78 is 5.33. The summed E-state index contributed by atoms with van der Waals surface area (Å²) in [4.78, 5) is 0. The van der Waals surface area contributed by atoms with Crippen molar-refractivity contribution in [2.24, 2.45) is 11.1 Å². The molecule has 14 heavy (non-hydrogen) atoms. The van der Waals surface area contributed by atoms with Crippen LogP contribution in [0.25, 0.3) is 0 Å². The highest BCUT2D eigenvalue weighted by Gasteiger charge is 2.34. The van der Waals surface area contributed by atoms with Crippen LogP contribution in [-0.2, 0) is 6.42 Å². The lowest BCUT2D eigenvalue weighted by molar-refractivity contribution is 0.251. The standard InChI is InChI=1S/C12H19NO/c1-12(6-2-3-7-12)11(13)9-10-5-4-8-14-10/h4-5,8,11H,2-3,6-7,9,13H2,1H3. The fourth-order valence-electron chi connectivity index (χ4n) is 2.45. The van der Waals surface area contributed by atoms with Crippen LogP contribution >= 0.6 is 0 Å². The smallest absolute Gasteiger partial charge is 0.105 e. The molecular weight excluding hydrogens is 174 g/mol. The number of nitrogens with two attached hydrogens (primary N) is 1. The number of hydrogen-bond acceptors (Lipinski definition) is 2. The summed E-state index contributed by atoms with van der Waals surface area (Å²) in [6.45, 7) is 2.31. The summed E-state index contributed by atoms with van der Waals surface area (Å²) >= 11 is 0. The largest absolute Gasteiger partial charge is 0.469 e. The minimum absolute atomic E-state index is 0.246. The van der Waals surface area contributed by atoms with Gasteiger partial charge in [-0.1, -0.05) is 19.8 Å². The molecule has 2 heteroatoms. The molecule has 1 fully saturated rings. The van der Waals surface area contributed by atoms with Crippen LogP contribution in [0, 0.1) is 5.41 Å². The van der Waals surface area contributed by atoms with Crippen molar-refractivity contribution < 1.29 is 4.42 Å². The van der Waals surface area contributed by atoms with Gasteiger partial charge in [-0.2, -0.15) is 0 Å². The van der Waals surface area contributed by atoms with Gasteiger partial charge in [0.25, 0.3) is 0 Å². The molecule has 1 heterocycles. The maximum absolute atomic E-state index is 6.24. The summed E-state index contributed by atoms with van der Waals surface area (Å²) in [5.41, 5.74) is 6.58. The Morgan fingerprint density at radius 1 is 1.50 bits per heavy atom. The topological polar surface area (TPSA) is 39.2 Å². The van der Waals surface area contributed by atoms with Crippen LogP contribution in [0.4, 0.5) is 0 Å². The molecule has 1 atom stereocenters. The molecule has 2 N–H and O–H groups in total. The van der Waals surface area contributed by atoms with E-state index in [9.17, 15) is 0 Å². The first-order valence-electron chi connectivity index (χ1n) is 5.49. The summed E-state index contributed by atoms with van der Waals surface area (Å²) in [6.07, 6.45) is 7.82. The van der Waals surface area contributed by atoms with Crippen LogP contribution in [0.15, 0.2) is 22.8 Å². The molecule has 1 aliphatic rings. The van der Waals surface area contributed by atoms with E-state index >= 15 is 0 Å². The second kappa shape index (κ2) is 3.77. The van der Waals surface area contributed by atoms with Crippen LogP contribution in [0.2, 0.25) is 0 Å². The predicted molar refractivity (Wildman–Crippen MR) is 57.0 cm³/mol. The molecule has 2 nitrogen and oxygen atoms in total. The Balaban J connectivity index is 1.98. The van der Waals surface area contributed by atoms with Crippen LogP contribution in [0.5, 0.6) is 0 Å². The quantitative estimate of drug-likeness (QED) is 0.801. The molecule has 1 aromatic heterocycles. The number of hydrogen-bond donors (Lipinski definition) is 1. The summed E-state index contributed by atoms with van der Waals surface area (Å²) in [5, 5.41) is 0. The van der Waals surface area contributed by atoms with E-state index in [1.54, 1.807) is 6.26 Å². The van der Waals surface area contributed by atoms with Gasteiger partial charge in [0.15, 0.2) is 0 Å². The second-order valence-electron chi connectivity index (χ2n) is 4.75. The maximum Gasteiger partial charge on any atom is 0.105 e. The zero-order valence-electron chi connectivity index (χ0n) is 8.83. The summed E-state index contributed by atoms with van der Waals surface area (Å²) in [6, 6.07) is 4.19. The zero-order chi connectivity index (χ0) is 10.0. The van der Waals surface area contributed by atoms with Crippen molar-refractivity contribution in [3.8, 4) is 0 Å². The van der Waals surface area contributed by atoms with Crippen molar-refractivity contribution in [3.63, 3.8) is 0 Å². The Labute approximate surface area is 85.5 Å². The van der Waals surface area contributed by atoms with Crippen LogP contribution in [0.1, 0.15) is 38.4 Å². The molecule has 1 aromatic rings. The van der Waals surface area contributed by atoms with Gasteiger partial charge in [-0.3, -0.25) is 0 Å². The lowest BCUT2D eigenvalue weighted by atomic mass is 9.79. The van der Waals surface area contributed by atoms with E-state index in [-0.39, 0.29) is 6.04 Å². The molecule has 78 valence electrons. The van der Waals surface area contributed by atoms with Gasteiger partial charge >= 0.3 is 0 Å². The van der Waals surface area contributed by atoms with E-state index in [4.69, 9.17) is 10.2 Å². The second-order valence-corrected chi connectivity index (χ2v) is 4.75. The highest BCUT2D eigenvalue weighted by Crippen LogP contribution is 2.40. The van der Waals surface area contributed by atoms with E-state index < -0.39 is 0 Å². The van der Waals surface area contributed by atoms with Crippen molar-refractivity contribution in [1.82, 2.24) is 0 Å². The first-order valence-corrected chi connectivity index (χ1v) is 5.49. The molecular formula is C12H19NO. The lowest BCUT2D eigenvalue weighted by Crippen LogP contribution is -2.39. The van der Waals surface area contributed by atoms with E-state index in [0.717, 1.165) is 12.2 Å². The van der Waals surface area contributed by atoms with Crippen LogP contribution in [-0.4, -0.2) is 6.04 Å². The molecule has 0 radical (unpaired) electrons. The Kier molecular flexibility index (Phi) is 2.64. The molecule has 0 bridgehead atoms. The molecule has 1 saturated carbocycles. The summed E-state index contributed by atoms with van der Waals surface area (Å²) in [7, 11) is 0. The SMILES string of the molecule is CC1(C(N)Cc2ccco2)CCCC1. The molecule has 0 saturated heterocycles. The van der Waals surface area contributed by atoms with E-state index in [1.165, 1.54) is 25.7 Å². The first-order chi connectivity index (χ1) is 6.71. The number of furan rings is 1. The molecule has 2 rings (SSSR count). The van der Waals surface area contributed by atoms with Gasteiger partial charge in [0.05, 0.1) is 6.26 Å². The Hall–Kier alpha value is -0.760. The Morgan fingerprint density at radius 2 is 2.21 bits per heavy atom. The molecule has 0 spiro atoms. The van der Waals surface area contributed by atoms with E-state index in [1.807, 2.05) is 12.1 Å². The van der Waals surface area contributed by atoms with E-state index in [0.29, 0.717) is 5.41 Å². The molecule has 1 unspecified atom stereocenters. The monoisotopic (exact) mass is 193 g/mol. The van der Waals surface area contributed by atoms with Crippen molar-refractivity contribution in [3.05, 3.63) is 24.2 Å². The fourth-order valence-corrected chi connectivity index (χ4v) is 2.45. The third-order valence-electron chi connectivity index (χ3n) is 3.64. The first kappa shape index (κ1) is 9.78. The zero-order valence-corrected chi connectivity index (χ0v) is 8.83. The van der Waals surface area contributed by atoms with Crippen LogP contribution < -0.4 is 5.73 Å². The van der Waals surface area contributed by atoms with Crippen molar-refractivity contribution in [1.29, 1.82) is 0 Å². The Morgan fingerprint density at radius 3 is 2.79 bits per heavy atom. The minimum atomic E-state index is 0.246. The van der Waals surface area contributed by atoms with Gasteiger partial charge in [0, 0.05) is 12.5 Å². The van der Waals surface area contributed by atoms with Crippen molar-refractivity contribution >= 4 is 0 Å². The highest BCUT2D eigenvalue weighted by molar-refractivity contribution is 5.03. The maximum atomic E-state index is 6.24. The van der Waals surface area contributed by atoms with Crippen molar-refractivity contribution in [2.45, 2.75) is 45.1 Å². The Bertz CT molecular complexity index is 273. The van der Waals surface area contributed by atoms with Gasteiger partial charge in [-0.05, 0) is 30.4 Å². The van der Waals surface area contributed by atoms with Crippen LogP contribution in [0.3, 0.4) is 0 Å². The minimum Gasteiger partial charge on any atom is -0.469 e. The average molecular weight is 193 g/mol. The molecule has 1 aliphatic carbocycles. The fraction of sp³-hybridized carbons (Fsp3) is 0.667. The van der Waals surface area contributed by atoms with Gasteiger partial charge < -0.3 is 10.2 Å².